The van der Waals surface area contributed by atoms with Crippen molar-refractivity contribution in [1.82, 2.24) is 25.1 Å². The van der Waals surface area contributed by atoms with Crippen molar-refractivity contribution in [2.24, 2.45) is 7.05 Å². The number of aromatic nitrogens is 2. The summed E-state index contributed by atoms with van der Waals surface area (Å²) in [5, 5.41) is 5.73. The summed E-state index contributed by atoms with van der Waals surface area (Å²) in [5.74, 6) is -0.237. The third-order valence-corrected chi connectivity index (χ3v) is 5.83. The van der Waals surface area contributed by atoms with E-state index >= 15 is 0 Å². The number of nitrogens with zero attached hydrogens (tertiary/aromatic N) is 3. The van der Waals surface area contributed by atoms with Gasteiger partial charge in [-0.05, 0) is 17.5 Å². The number of imide groups is 1. The molecule has 1 aromatic heterocycles. The summed E-state index contributed by atoms with van der Waals surface area (Å²) >= 11 is 0. The highest BCUT2D eigenvalue weighted by atomic mass is 16.2. The van der Waals surface area contributed by atoms with Gasteiger partial charge in [-0.1, -0.05) is 67.6 Å². The predicted molar refractivity (Wildman–Crippen MR) is 118 cm³/mol. The lowest BCUT2D eigenvalue weighted by atomic mass is 9.87. The minimum atomic E-state index is -1.17. The van der Waals surface area contributed by atoms with E-state index in [2.05, 4.69) is 15.6 Å². The number of hydrogen-bond donors (Lipinski definition) is 2. The minimum Gasteiger partial charge on any atom is -0.341 e. The van der Waals surface area contributed by atoms with Gasteiger partial charge in [0.1, 0.15) is 23.9 Å². The average Bonchev–Trinajstić information content (AvgIpc) is 3.35. The molecular formula is C24H25N5O3. The Kier molecular flexibility index (Phi) is 5.77. The van der Waals surface area contributed by atoms with Crippen LogP contribution in [0, 0.1) is 0 Å². The van der Waals surface area contributed by atoms with Crippen LogP contribution >= 0.6 is 0 Å². The van der Waals surface area contributed by atoms with Crippen molar-refractivity contribution >= 4 is 17.8 Å². The van der Waals surface area contributed by atoms with Crippen LogP contribution in [0.25, 0.3) is 0 Å². The number of rotatable bonds is 7. The van der Waals surface area contributed by atoms with Gasteiger partial charge in [-0.25, -0.2) is 9.78 Å². The Labute approximate surface area is 186 Å². The predicted octanol–water partition coefficient (Wildman–Crippen LogP) is 2.48. The molecule has 2 N–H and O–H groups in total. The molecule has 8 nitrogen and oxygen atoms in total. The number of aryl methyl sites for hydroxylation is 1. The fourth-order valence-electron chi connectivity index (χ4n) is 4.08. The van der Waals surface area contributed by atoms with Crippen LogP contribution in [0.2, 0.25) is 0 Å². The summed E-state index contributed by atoms with van der Waals surface area (Å²) in [6, 6.07) is 17.4. The molecule has 0 bridgehead atoms. The highest BCUT2D eigenvalue weighted by molar-refractivity contribution is 6.09. The highest BCUT2D eigenvalue weighted by Gasteiger charge is 2.51. The molecule has 2 aromatic carbocycles. The first-order valence-electron chi connectivity index (χ1n) is 10.5. The monoisotopic (exact) mass is 431 g/mol. The van der Waals surface area contributed by atoms with E-state index in [-0.39, 0.29) is 6.54 Å². The van der Waals surface area contributed by atoms with Crippen LogP contribution in [-0.2, 0) is 22.2 Å². The van der Waals surface area contributed by atoms with Crippen molar-refractivity contribution in [3.8, 4) is 0 Å². The maximum atomic E-state index is 13.3. The smallest absolute Gasteiger partial charge is 0.325 e. The van der Waals surface area contributed by atoms with Crippen molar-refractivity contribution < 1.29 is 14.4 Å². The summed E-state index contributed by atoms with van der Waals surface area (Å²) in [4.78, 5) is 44.3. The van der Waals surface area contributed by atoms with Gasteiger partial charge in [-0.15, -0.1) is 0 Å². The Bertz CT molecular complexity index is 1130. The molecule has 0 saturated carbocycles. The molecule has 0 radical (unpaired) electrons. The number of imidazole rings is 1. The van der Waals surface area contributed by atoms with Crippen LogP contribution in [-0.4, -0.2) is 38.8 Å². The van der Waals surface area contributed by atoms with E-state index in [1.807, 2.05) is 67.1 Å². The number of nitrogens with one attached hydrogen (secondary N) is 2. The Morgan fingerprint density at radius 2 is 1.75 bits per heavy atom. The molecule has 3 aromatic rings. The Balaban J connectivity index is 1.56. The molecule has 8 heteroatoms. The fraction of sp³-hybridized carbons (Fsp3) is 0.250. The topological polar surface area (TPSA) is 96.3 Å². The first kappa shape index (κ1) is 21.3. The molecule has 1 fully saturated rings. The summed E-state index contributed by atoms with van der Waals surface area (Å²) in [5.41, 5.74) is 0.371. The first-order valence-corrected chi connectivity index (χ1v) is 10.5. The normalized spacial score (nSPS) is 19.0. The molecule has 1 aliphatic heterocycles. The molecule has 1 saturated heterocycles. The fourth-order valence-corrected chi connectivity index (χ4v) is 4.08. The van der Waals surface area contributed by atoms with Crippen LogP contribution < -0.4 is 10.6 Å². The third-order valence-electron chi connectivity index (χ3n) is 5.83. The minimum absolute atomic E-state index is 0.375. The summed E-state index contributed by atoms with van der Waals surface area (Å²) in [7, 11) is 1.84. The van der Waals surface area contributed by atoms with Gasteiger partial charge in [-0.3, -0.25) is 14.5 Å². The molecular weight excluding hydrogens is 406 g/mol. The van der Waals surface area contributed by atoms with Gasteiger partial charge in [0.2, 0.25) is 5.91 Å². The zero-order chi connectivity index (χ0) is 22.7. The largest absolute Gasteiger partial charge is 0.341 e. The van der Waals surface area contributed by atoms with E-state index in [4.69, 9.17) is 0 Å². The summed E-state index contributed by atoms with van der Waals surface area (Å²) in [6.45, 7) is 1.45. The van der Waals surface area contributed by atoms with Crippen molar-refractivity contribution in [3.05, 3.63) is 90.0 Å². The van der Waals surface area contributed by atoms with Crippen molar-refractivity contribution in [1.29, 1.82) is 0 Å². The van der Waals surface area contributed by atoms with Crippen molar-refractivity contribution in [2.75, 3.05) is 6.54 Å². The van der Waals surface area contributed by atoms with Gasteiger partial charge in [-0.2, -0.15) is 0 Å². The highest BCUT2D eigenvalue weighted by Crippen LogP contribution is 2.32. The number of hydrogen-bond acceptors (Lipinski definition) is 4. The van der Waals surface area contributed by atoms with Gasteiger partial charge in [0.15, 0.2) is 0 Å². The summed E-state index contributed by atoms with van der Waals surface area (Å²) < 4.78 is 1.82. The average molecular weight is 431 g/mol. The Morgan fingerprint density at radius 1 is 1.09 bits per heavy atom. The van der Waals surface area contributed by atoms with E-state index in [9.17, 15) is 14.4 Å². The Morgan fingerprint density at radius 3 is 2.34 bits per heavy atom. The van der Waals surface area contributed by atoms with Crippen LogP contribution in [0.1, 0.15) is 36.3 Å². The zero-order valence-corrected chi connectivity index (χ0v) is 18.0. The van der Waals surface area contributed by atoms with Gasteiger partial charge >= 0.3 is 6.03 Å². The van der Waals surface area contributed by atoms with Gasteiger partial charge in [0.05, 0.1) is 0 Å². The second-order valence-corrected chi connectivity index (χ2v) is 7.75. The standard InChI is InChI=1S/C24H25N5O3/c1-3-24(18-12-8-5-9-13-18)22(31)29(23(32)27-24)16-19(30)26-20(17-10-6-4-7-11-17)21-25-14-15-28(21)2/h4-15,20H,3,16H2,1-2H3,(H,26,30)(H,27,32). The molecule has 4 rings (SSSR count). The maximum Gasteiger partial charge on any atom is 0.325 e. The van der Waals surface area contributed by atoms with Gasteiger partial charge in [0, 0.05) is 19.4 Å². The first-order chi connectivity index (χ1) is 15.5. The van der Waals surface area contributed by atoms with Crippen molar-refractivity contribution in [2.45, 2.75) is 24.9 Å². The quantitative estimate of drug-likeness (QED) is 0.562. The molecule has 4 amide bonds. The molecule has 0 aliphatic carbocycles. The molecule has 2 heterocycles. The number of benzene rings is 2. The second-order valence-electron chi connectivity index (χ2n) is 7.75. The van der Waals surface area contributed by atoms with E-state index in [1.54, 1.807) is 24.5 Å². The van der Waals surface area contributed by atoms with E-state index in [0.29, 0.717) is 17.8 Å². The molecule has 0 spiro atoms. The lowest BCUT2D eigenvalue weighted by Crippen LogP contribution is -2.45. The maximum absolute atomic E-state index is 13.3. The van der Waals surface area contributed by atoms with Gasteiger partial charge in [0.25, 0.3) is 5.91 Å². The molecule has 2 atom stereocenters. The third kappa shape index (κ3) is 3.75. The lowest BCUT2D eigenvalue weighted by Gasteiger charge is -2.26. The van der Waals surface area contributed by atoms with E-state index < -0.39 is 29.4 Å². The Hall–Kier alpha value is -3.94. The van der Waals surface area contributed by atoms with E-state index in [0.717, 1.165) is 10.5 Å². The molecule has 2 unspecified atom stereocenters. The number of urea groups is 1. The SMILES string of the molecule is CCC1(c2ccccc2)NC(=O)N(CC(=O)NC(c2ccccc2)c2nccn2C)C1=O. The second kappa shape index (κ2) is 8.66. The summed E-state index contributed by atoms with van der Waals surface area (Å²) in [6.07, 6.45) is 3.83. The number of carbonyl (C=O) groups excluding carboxylic acids is 3. The molecule has 32 heavy (non-hydrogen) atoms. The van der Waals surface area contributed by atoms with Crippen LogP contribution in [0.3, 0.4) is 0 Å². The molecule has 1 aliphatic rings. The number of carbonyl (C=O) groups is 3. The van der Waals surface area contributed by atoms with Gasteiger partial charge < -0.3 is 15.2 Å². The van der Waals surface area contributed by atoms with Crippen molar-refractivity contribution in [3.63, 3.8) is 0 Å². The molecule has 164 valence electrons. The van der Waals surface area contributed by atoms with Crippen LogP contribution in [0.5, 0.6) is 0 Å². The zero-order valence-electron chi connectivity index (χ0n) is 18.0. The lowest BCUT2D eigenvalue weighted by molar-refractivity contribution is -0.135. The van der Waals surface area contributed by atoms with Crippen LogP contribution in [0.15, 0.2) is 73.1 Å². The number of amides is 4. The van der Waals surface area contributed by atoms with Crippen LogP contribution in [0.4, 0.5) is 4.79 Å². The van der Waals surface area contributed by atoms with E-state index in [1.165, 1.54) is 0 Å².